The van der Waals surface area contributed by atoms with Crippen molar-refractivity contribution in [3.63, 3.8) is 0 Å². The lowest BCUT2D eigenvalue weighted by Gasteiger charge is -2.13. The number of benzene rings is 1. The van der Waals surface area contributed by atoms with Gasteiger partial charge in [-0.3, -0.25) is 0 Å². The molecular formula is C14H24OSi. The van der Waals surface area contributed by atoms with Crippen LogP contribution in [0, 0.1) is 5.92 Å². The molecule has 0 aromatic heterocycles. The van der Waals surface area contributed by atoms with Crippen LogP contribution in [-0.4, -0.2) is 15.3 Å². The average Bonchev–Trinajstić information content (AvgIpc) is 2.26. The molecule has 1 aromatic carbocycles. The van der Waals surface area contributed by atoms with Crippen LogP contribution in [0.25, 0.3) is 0 Å². The standard InChI is InChI=1S/C14H24OSi/c1-11(2)10-14(15)13-7-5-12(6-8-13)4-3-9-16/h5-8,11,14-15H,3-4,9-10H2,1-2,16H3. The van der Waals surface area contributed by atoms with Gasteiger partial charge in [0.05, 0.1) is 6.10 Å². The first-order chi connectivity index (χ1) is 7.63. The summed E-state index contributed by atoms with van der Waals surface area (Å²) >= 11 is 0. The fraction of sp³-hybridized carbons (Fsp3) is 0.571. The van der Waals surface area contributed by atoms with Crippen molar-refractivity contribution in [3.8, 4) is 0 Å². The molecule has 0 amide bonds. The van der Waals surface area contributed by atoms with E-state index in [9.17, 15) is 5.11 Å². The molecule has 0 radical (unpaired) electrons. The van der Waals surface area contributed by atoms with Crippen molar-refractivity contribution in [2.24, 2.45) is 5.92 Å². The molecule has 1 atom stereocenters. The van der Waals surface area contributed by atoms with Gasteiger partial charge in [-0.2, -0.15) is 0 Å². The molecule has 0 aliphatic heterocycles. The lowest BCUT2D eigenvalue weighted by atomic mass is 9.98. The predicted octanol–water partition coefficient (Wildman–Crippen LogP) is 2.48. The molecule has 1 nitrogen and oxygen atoms in total. The van der Waals surface area contributed by atoms with Gasteiger partial charge in [0.15, 0.2) is 0 Å². The Morgan fingerprint density at radius 2 is 1.81 bits per heavy atom. The second-order valence-electron chi connectivity index (χ2n) is 4.99. The molecule has 0 spiro atoms. The van der Waals surface area contributed by atoms with E-state index >= 15 is 0 Å². The molecule has 1 unspecified atom stereocenters. The molecule has 0 saturated heterocycles. The second kappa shape index (κ2) is 6.87. The summed E-state index contributed by atoms with van der Waals surface area (Å²) in [5.74, 6) is 0.541. The van der Waals surface area contributed by atoms with E-state index < -0.39 is 0 Å². The first kappa shape index (κ1) is 13.5. The van der Waals surface area contributed by atoms with E-state index in [2.05, 4.69) is 38.1 Å². The van der Waals surface area contributed by atoms with Gasteiger partial charge in [0.25, 0.3) is 0 Å². The molecule has 0 fully saturated rings. The van der Waals surface area contributed by atoms with E-state index in [1.165, 1.54) is 34.7 Å². The molecule has 0 aliphatic rings. The minimum absolute atomic E-state index is 0.298. The van der Waals surface area contributed by atoms with Crippen molar-refractivity contribution in [2.75, 3.05) is 0 Å². The normalized spacial score (nSPS) is 13.2. The zero-order valence-corrected chi connectivity index (χ0v) is 12.7. The Bertz CT molecular complexity index is 292. The Balaban J connectivity index is 2.56. The van der Waals surface area contributed by atoms with Gasteiger partial charge in [-0.15, -0.1) is 0 Å². The highest BCUT2D eigenvalue weighted by atomic mass is 28.1. The van der Waals surface area contributed by atoms with E-state index in [0.717, 1.165) is 12.0 Å². The largest absolute Gasteiger partial charge is 0.388 e. The predicted molar refractivity (Wildman–Crippen MR) is 73.9 cm³/mol. The maximum atomic E-state index is 9.96. The first-order valence-corrected chi connectivity index (χ1v) is 7.81. The third kappa shape index (κ3) is 4.50. The van der Waals surface area contributed by atoms with Crippen LogP contribution in [0.15, 0.2) is 24.3 Å². The van der Waals surface area contributed by atoms with Crippen LogP contribution in [0.5, 0.6) is 0 Å². The highest BCUT2D eigenvalue weighted by Gasteiger charge is 2.09. The van der Waals surface area contributed by atoms with Crippen LogP contribution in [0.1, 0.15) is 43.9 Å². The summed E-state index contributed by atoms with van der Waals surface area (Å²) in [7, 11) is 1.30. The number of hydrogen-bond donors (Lipinski definition) is 1. The molecular weight excluding hydrogens is 212 g/mol. The van der Waals surface area contributed by atoms with E-state index in [1.54, 1.807) is 0 Å². The fourth-order valence-corrected chi connectivity index (χ4v) is 2.22. The van der Waals surface area contributed by atoms with Crippen LogP contribution < -0.4 is 0 Å². The molecule has 1 rings (SSSR count). The highest BCUT2D eigenvalue weighted by molar-refractivity contribution is 6.08. The topological polar surface area (TPSA) is 20.2 Å². The smallest absolute Gasteiger partial charge is 0.0792 e. The second-order valence-corrected chi connectivity index (χ2v) is 5.99. The first-order valence-electron chi connectivity index (χ1n) is 6.40. The van der Waals surface area contributed by atoms with Crippen LogP contribution in [0.4, 0.5) is 0 Å². The molecule has 0 heterocycles. The van der Waals surface area contributed by atoms with E-state index in [0.29, 0.717) is 5.92 Å². The van der Waals surface area contributed by atoms with Crippen LogP contribution in [0.3, 0.4) is 0 Å². The zero-order chi connectivity index (χ0) is 12.0. The summed E-state index contributed by atoms with van der Waals surface area (Å²) in [4.78, 5) is 0. The molecule has 0 aliphatic carbocycles. The Labute approximate surface area is 102 Å². The maximum absolute atomic E-state index is 9.96. The molecule has 90 valence electrons. The number of aliphatic hydroxyl groups excluding tert-OH is 1. The van der Waals surface area contributed by atoms with Gasteiger partial charge < -0.3 is 5.11 Å². The van der Waals surface area contributed by atoms with Crippen molar-refractivity contribution in [2.45, 2.75) is 45.3 Å². The maximum Gasteiger partial charge on any atom is 0.0792 e. The molecule has 0 saturated carbocycles. The van der Waals surface area contributed by atoms with Crippen molar-refractivity contribution in [1.29, 1.82) is 0 Å². The molecule has 1 N–H and O–H groups in total. The van der Waals surface area contributed by atoms with Crippen LogP contribution in [-0.2, 0) is 6.42 Å². The summed E-state index contributed by atoms with van der Waals surface area (Å²) in [5, 5.41) is 9.96. The van der Waals surface area contributed by atoms with Crippen LogP contribution >= 0.6 is 0 Å². The number of rotatable bonds is 6. The molecule has 2 heteroatoms. The third-order valence-corrected chi connectivity index (χ3v) is 3.59. The molecule has 16 heavy (non-hydrogen) atoms. The Morgan fingerprint density at radius 3 is 2.31 bits per heavy atom. The minimum atomic E-state index is -0.298. The lowest BCUT2D eigenvalue weighted by Crippen LogP contribution is -2.01. The minimum Gasteiger partial charge on any atom is -0.388 e. The van der Waals surface area contributed by atoms with Crippen molar-refractivity contribution in [1.82, 2.24) is 0 Å². The summed E-state index contributed by atoms with van der Waals surface area (Å²) in [6.07, 6.45) is 3.04. The fourth-order valence-electron chi connectivity index (χ4n) is 1.87. The Hall–Kier alpha value is -0.603. The van der Waals surface area contributed by atoms with Crippen molar-refractivity contribution >= 4 is 10.2 Å². The monoisotopic (exact) mass is 236 g/mol. The number of aliphatic hydroxyl groups is 1. The van der Waals surface area contributed by atoms with Crippen molar-refractivity contribution < 1.29 is 5.11 Å². The third-order valence-electron chi connectivity index (χ3n) is 2.88. The quantitative estimate of drug-likeness (QED) is 0.752. The number of aryl methyl sites for hydroxylation is 1. The van der Waals surface area contributed by atoms with Gasteiger partial charge in [-0.25, -0.2) is 0 Å². The van der Waals surface area contributed by atoms with Gasteiger partial charge in [0, 0.05) is 10.2 Å². The zero-order valence-electron chi connectivity index (χ0n) is 10.7. The van der Waals surface area contributed by atoms with Gasteiger partial charge in [-0.05, 0) is 29.9 Å². The van der Waals surface area contributed by atoms with Crippen molar-refractivity contribution in [3.05, 3.63) is 35.4 Å². The molecule has 1 aromatic rings. The van der Waals surface area contributed by atoms with Gasteiger partial charge in [0.2, 0.25) is 0 Å². The summed E-state index contributed by atoms with van der Waals surface area (Å²) < 4.78 is 0. The summed E-state index contributed by atoms with van der Waals surface area (Å²) in [6.45, 7) is 4.28. The van der Waals surface area contributed by atoms with Gasteiger partial charge in [0.1, 0.15) is 0 Å². The number of hydrogen-bond acceptors (Lipinski definition) is 1. The van der Waals surface area contributed by atoms with E-state index in [-0.39, 0.29) is 6.10 Å². The van der Waals surface area contributed by atoms with E-state index in [1.807, 2.05) is 0 Å². The summed E-state index contributed by atoms with van der Waals surface area (Å²) in [6, 6.07) is 9.86. The SMILES string of the molecule is CC(C)CC(O)c1ccc(CCC[SiH3])cc1. The lowest BCUT2D eigenvalue weighted by molar-refractivity contribution is 0.151. The van der Waals surface area contributed by atoms with Crippen LogP contribution in [0.2, 0.25) is 6.04 Å². The molecule has 0 bridgehead atoms. The Morgan fingerprint density at radius 1 is 1.19 bits per heavy atom. The average molecular weight is 236 g/mol. The summed E-state index contributed by atoms with van der Waals surface area (Å²) in [5.41, 5.74) is 2.46. The Kier molecular flexibility index (Phi) is 5.78. The van der Waals surface area contributed by atoms with E-state index in [4.69, 9.17) is 0 Å². The van der Waals surface area contributed by atoms with Gasteiger partial charge >= 0.3 is 0 Å². The highest BCUT2D eigenvalue weighted by Crippen LogP contribution is 2.21. The van der Waals surface area contributed by atoms with Gasteiger partial charge in [-0.1, -0.05) is 50.6 Å².